The van der Waals surface area contributed by atoms with Gasteiger partial charge in [0.25, 0.3) is 0 Å². The van der Waals surface area contributed by atoms with Crippen LogP contribution in [0.2, 0.25) is 0 Å². The Bertz CT molecular complexity index is 1410. The molecule has 0 aliphatic carbocycles. The number of benzene rings is 4. The molecule has 8 heteroatoms. The van der Waals surface area contributed by atoms with E-state index in [1.165, 1.54) is 12.1 Å². The highest BCUT2D eigenvalue weighted by Gasteiger charge is 2.25. The van der Waals surface area contributed by atoms with Gasteiger partial charge in [-0.3, -0.25) is 0 Å². The number of halogens is 8. The van der Waals surface area contributed by atoms with Gasteiger partial charge in [-0.2, -0.15) is 0 Å². The van der Waals surface area contributed by atoms with Gasteiger partial charge in [0, 0.05) is 33.4 Å². The van der Waals surface area contributed by atoms with Crippen molar-refractivity contribution in [2.45, 2.75) is 39.5 Å². The van der Waals surface area contributed by atoms with Crippen molar-refractivity contribution in [1.29, 1.82) is 0 Å². The highest BCUT2D eigenvalue weighted by atomic mass is 19.2. The molecule has 0 aliphatic rings. The quantitative estimate of drug-likeness (QED) is 0.207. The van der Waals surface area contributed by atoms with Gasteiger partial charge in [-0.15, -0.1) is 0 Å². The van der Waals surface area contributed by atoms with Crippen LogP contribution in [0, 0.1) is 46.5 Å². The van der Waals surface area contributed by atoms with Crippen LogP contribution >= 0.6 is 0 Å². The van der Waals surface area contributed by atoms with Crippen LogP contribution in [0.1, 0.15) is 37.8 Å². The Labute approximate surface area is 214 Å². The van der Waals surface area contributed by atoms with Crippen molar-refractivity contribution in [1.82, 2.24) is 0 Å². The smallest absolute Gasteiger partial charge is 0.167 e. The number of hydrogen-bond acceptors (Lipinski definition) is 0. The molecule has 0 bridgehead atoms. The van der Waals surface area contributed by atoms with Crippen molar-refractivity contribution in [2.24, 2.45) is 0 Å². The molecule has 4 aromatic carbocycles. The topological polar surface area (TPSA) is 0 Å². The molecular weight excluding hydrogens is 512 g/mol. The molecule has 0 atom stereocenters. The number of hydrogen-bond donors (Lipinski definition) is 0. The average Bonchev–Trinajstić information content (AvgIpc) is 2.90. The van der Waals surface area contributed by atoms with Crippen LogP contribution in [0.5, 0.6) is 0 Å². The number of aryl methyl sites for hydroxylation is 2. The molecule has 0 fully saturated rings. The molecule has 0 heterocycles. The molecule has 0 saturated carbocycles. The third-order valence-corrected chi connectivity index (χ3v) is 6.40. The highest BCUT2D eigenvalue weighted by molar-refractivity contribution is 5.75. The monoisotopic (exact) mass is 534 g/mol. The summed E-state index contributed by atoms with van der Waals surface area (Å²) < 4.78 is 118. The lowest BCUT2D eigenvalue weighted by molar-refractivity contribution is 0.492. The van der Waals surface area contributed by atoms with Crippen LogP contribution < -0.4 is 0 Å². The van der Waals surface area contributed by atoms with Crippen molar-refractivity contribution >= 4 is 0 Å². The first-order valence-corrected chi connectivity index (χ1v) is 12.0. The summed E-state index contributed by atoms with van der Waals surface area (Å²) in [5, 5.41) is 0. The van der Waals surface area contributed by atoms with Gasteiger partial charge in [0.2, 0.25) is 0 Å². The molecule has 0 spiro atoms. The van der Waals surface area contributed by atoms with Crippen molar-refractivity contribution in [2.75, 3.05) is 0 Å². The van der Waals surface area contributed by atoms with Gasteiger partial charge >= 0.3 is 0 Å². The van der Waals surface area contributed by atoms with E-state index in [1.807, 2.05) is 0 Å². The normalized spacial score (nSPS) is 11.3. The minimum Gasteiger partial charge on any atom is -0.203 e. The molecule has 0 saturated heterocycles. The maximum absolute atomic E-state index is 15.0. The lowest BCUT2D eigenvalue weighted by atomic mass is 9.94. The Hall–Kier alpha value is -3.68. The Balaban J connectivity index is 1.78. The third-order valence-electron chi connectivity index (χ3n) is 6.40. The molecule has 0 aromatic heterocycles. The molecule has 0 amide bonds. The first-order chi connectivity index (χ1) is 18.1. The van der Waals surface area contributed by atoms with Gasteiger partial charge in [-0.1, -0.05) is 75.2 Å². The van der Waals surface area contributed by atoms with E-state index < -0.39 is 79.9 Å². The van der Waals surface area contributed by atoms with E-state index in [0.29, 0.717) is 12.8 Å². The molecule has 198 valence electrons. The summed E-state index contributed by atoms with van der Waals surface area (Å²) in [4.78, 5) is 0. The predicted molar refractivity (Wildman–Crippen MR) is 130 cm³/mol. The third kappa shape index (κ3) is 4.68. The summed E-state index contributed by atoms with van der Waals surface area (Å²) in [7, 11) is 0. The van der Waals surface area contributed by atoms with Crippen LogP contribution in [0.25, 0.3) is 33.4 Å². The van der Waals surface area contributed by atoms with Crippen molar-refractivity contribution in [3.63, 3.8) is 0 Å². The van der Waals surface area contributed by atoms with Crippen LogP contribution in [-0.2, 0) is 12.8 Å². The van der Waals surface area contributed by atoms with E-state index in [4.69, 9.17) is 0 Å². The van der Waals surface area contributed by atoms with Gasteiger partial charge in [0.05, 0.1) is 0 Å². The highest BCUT2D eigenvalue weighted by Crippen LogP contribution is 2.38. The molecular formula is C30H22F8. The summed E-state index contributed by atoms with van der Waals surface area (Å²) >= 11 is 0. The Morgan fingerprint density at radius 3 is 0.789 bits per heavy atom. The Morgan fingerprint density at radius 2 is 0.553 bits per heavy atom. The van der Waals surface area contributed by atoms with Gasteiger partial charge in [0.15, 0.2) is 46.5 Å². The maximum atomic E-state index is 15.0. The Morgan fingerprint density at radius 1 is 0.342 bits per heavy atom. The molecule has 4 aromatic rings. The van der Waals surface area contributed by atoms with E-state index in [9.17, 15) is 26.3 Å². The fourth-order valence-electron chi connectivity index (χ4n) is 4.45. The fraction of sp³-hybridized carbons (Fsp3) is 0.200. The van der Waals surface area contributed by atoms with Crippen molar-refractivity contribution < 1.29 is 35.1 Å². The predicted octanol–water partition coefficient (Wildman–Crippen LogP) is 9.71. The van der Waals surface area contributed by atoms with E-state index in [1.54, 1.807) is 13.8 Å². The second-order valence-corrected chi connectivity index (χ2v) is 8.88. The molecule has 0 unspecified atom stereocenters. The van der Waals surface area contributed by atoms with Gasteiger partial charge in [0.1, 0.15) is 0 Å². The maximum Gasteiger partial charge on any atom is 0.167 e. The molecule has 0 nitrogen and oxygen atoms in total. The SMILES string of the molecule is CCCc1ccc(-c2ccc(-c3ccc(-c4ccc(CCC)c(F)c4F)c(F)c3F)c(F)c2F)c(F)c1F. The lowest BCUT2D eigenvalue weighted by Gasteiger charge is -2.14. The van der Waals surface area contributed by atoms with Crippen LogP contribution in [0.15, 0.2) is 48.5 Å². The minimum absolute atomic E-state index is 0.0835. The molecule has 38 heavy (non-hydrogen) atoms. The zero-order valence-electron chi connectivity index (χ0n) is 20.5. The fourth-order valence-corrected chi connectivity index (χ4v) is 4.45. The summed E-state index contributed by atoms with van der Waals surface area (Å²) in [6, 6.07) is 8.45. The minimum atomic E-state index is -1.62. The lowest BCUT2D eigenvalue weighted by Crippen LogP contribution is -2.02. The van der Waals surface area contributed by atoms with E-state index in [-0.39, 0.29) is 24.0 Å². The zero-order chi connectivity index (χ0) is 27.7. The van der Waals surface area contributed by atoms with Crippen molar-refractivity contribution in [3.8, 4) is 33.4 Å². The van der Waals surface area contributed by atoms with E-state index in [0.717, 1.165) is 36.4 Å². The van der Waals surface area contributed by atoms with E-state index in [2.05, 4.69) is 0 Å². The van der Waals surface area contributed by atoms with Crippen molar-refractivity contribution in [3.05, 3.63) is 106 Å². The molecule has 0 N–H and O–H groups in total. The van der Waals surface area contributed by atoms with Crippen LogP contribution in [0.4, 0.5) is 35.1 Å². The largest absolute Gasteiger partial charge is 0.203 e. The Kier molecular flexibility index (Phi) is 7.90. The second kappa shape index (κ2) is 11.0. The molecule has 0 aliphatic heterocycles. The van der Waals surface area contributed by atoms with Crippen LogP contribution in [-0.4, -0.2) is 0 Å². The zero-order valence-corrected chi connectivity index (χ0v) is 20.5. The summed E-state index contributed by atoms with van der Waals surface area (Å²) in [5.41, 5.74) is -3.49. The molecule has 4 rings (SSSR count). The molecule has 0 radical (unpaired) electrons. The standard InChI is InChI=1S/C30H22F8/c1-3-5-15-7-9-17(25(33)23(15)31)19-11-13-21(29(37)27(19)35)22-14-12-20(28(36)30(22)38)18-10-8-16(6-4-2)24(32)26(18)34/h7-14H,3-6H2,1-2H3. The second-order valence-electron chi connectivity index (χ2n) is 8.88. The average molecular weight is 534 g/mol. The first kappa shape index (κ1) is 27.4. The first-order valence-electron chi connectivity index (χ1n) is 12.0. The van der Waals surface area contributed by atoms with E-state index >= 15 is 8.78 Å². The summed E-state index contributed by atoms with van der Waals surface area (Å²) in [5.74, 6) is -11.5. The number of rotatable bonds is 7. The van der Waals surface area contributed by atoms with Crippen LogP contribution in [0.3, 0.4) is 0 Å². The van der Waals surface area contributed by atoms with Gasteiger partial charge in [-0.05, 0) is 24.0 Å². The summed E-state index contributed by atoms with van der Waals surface area (Å²) in [6.45, 7) is 3.54. The summed E-state index contributed by atoms with van der Waals surface area (Å²) in [6.07, 6.45) is 1.58. The van der Waals surface area contributed by atoms with Gasteiger partial charge in [-0.25, -0.2) is 35.1 Å². The van der Waals surface area contributed by atoms with Gasteiger partial charge < -0.3 is 0 Å².